The molecule has 0 aromatic heterocycles. The number of hydrogen-bond donors (Lipinski definition) is 1. The molecule has 0 aliphatic carbocycles. The van der Waals surface area contributed by atoms with E-state index in [1.54, 1.807) is 0 Å². The molecule has 1 N–H and O–H groups in total. The Morgan fingerprint density at radius 1 is 0.909 bits per heavy atom. The van der Waals surface area contributed by atoms with Crippen molar-refractivity contribution in [3.05, 3.63) is 0 Å². The Labute approximate surface area is 71.6 Å². The van der Waals surface area contributed by atoms with Crippen LogP contribution in [0.25, 0.3) is 0 Å². The third-order valence-electron chi connectivity index (χ3n) is 2.38. The highest BCUT2D eigenvalue weighted by molar-refractivity contribution is 4.58. The van der Waals surface area contributed by atoms with E-state index in [9.17, 15) is 0 Å². The second kappa shape index (κ2) is 6.66. The van der Waals surface area contributed by atoms with E-state index in [1.807, 2.05) is 0 Å². The minimum atomic E-state index is 0.832. The fourth-order valence-corrected chi connectivity index (χ4v) is 0.865. The van der Waals surface area contributed by atoms with Crippen molar-refractivity contribution in [3.8, 4) is 0 Å². The first-order valence-corrected chi connectivity index (χ1v) is 4.91. The fourth-order valence-electron chi connectivity index (χ4n) is 0.865. The third-order valence-corrected chi connectivity index (χ3v) is 2.38. The highest BCUT2D eigenvalue weighted by Crippen LogP contribution is 2.00. The average Bonchev–Trinajstić information content (AvgIpc) is 2.04. The molecule has 0 spiro atoms. The van der Waals surface area contributed by atoms with E-state index in [-0.39, 0.29) is 0 Å². The molecule has 0 bridgehead atoms. The van der Waals surface area contributed by atoms with Crippen LogP contribution in [0.3, 0.4) is 0 Å². The van der Waals surface area contributed by atoms with Crippen molar-refractivity contribution in [2.75, 3.05) is 13.1 Å². The molecule has 0 saturated carbocycles. The molecule has 0 aliphatic rings. The van der Waals surface area contributed by atoms with Gasteiger partial charge < -0.3 is 5.32 Å². The first-order valence-electron chi connectivity index (χ1n) is 4.91. The molecule has 2 atom stereocenters. The van der Waals surface area contributed by atoms with Crippen LogP contribution in [0, 0.1) is 11.8 Å². The van der Waals surface area contributed by atoms with Gasteiger partial charge in [0.15, 0.2) is 0 Å². The Hall–Kier alpha value is -0.0400. The minimum absolute atomic E-state index is 0.832. The first kappa shape index (κ1) is 11.0. The lowest BCUT2D eigenvalue weighted by molar-refractivity contribution is 0.445. The number of rotatable bonds is 6. The van der Waals surface area contributed by atoms with Gasteiger partial charge in [0, 0.05) is 0 Å². The molecule has 1 heteroatoms. The molecule has 0 amide bonds. The summed E-state index contributed by atoms with van der Waals surface area (Å²) < 4.78 is 0. The molecule has 0 radical (unpaired) electrons. The van der Waals surface area contributed by atoms with Crippen LogP contribution in [0.5, 0.6) is 0 Å². The van der Waals surface area contributed by atoms with Gasteiger partial charge in [-0.1, -0.05) is 40.5 Å². The van der Waals surface area contributed by atoms with E-state index in [2.05, 4.69) is 33.0 Å². The lowest BCUT2D eigenvalue weighted by Gasteiger charge is -2.13. The molecule has 68 valence electrons. The van der Waals surface area contributed by atoms with Gasteiger partial charge in [-0.15, -0.1) is 0 Å². The normalized spacial score (nSPS) is 16.4. The highest BCUT2D eigenvalue weighted by Gasteiger charge is 2.00. The van der Waals surface area contributed by atoms with Crippen LogP contribution in [-0.2, 0) is 0 Å². The fraction of sp³-hybridized carbons (Fsp3) is 1.00. The summed E-state index contributed by atoms with van der Waals surface area (Å²) in [5.41, 5.74) is 0. The maximum atomic E-state index is 3.49. The molecule has 0 rings (SSSR count). The van der Waals surface area contributed by atoms with E-state index < -0.39 is 0 Å². The molecular weight excluding hydrogens is 134 g/mol. The van der Waals surface area contributed by atoms with Gasteiger partial charge in [0.2, 0.25) is 0 Å². The molecule has 0 aromatic carbocycles. The van der Waals surface area contributed by atoms with Crippen molar-refractivity contribution < 1.29 is 0 Å². The molecule has 1 nitrogen and oxygen atoms in total. The van der Waals surface area contributed by atoms with Crippen LogP contribution >= 0.6 is 0 Å². The molecular formula is C10H23N. The highest BCUT2D eigenvalue weighted by atomic mass is 14.9. The zero-order valence-electron chi connectivity index (χ0n) is 8.48. The van der Waals surface area contributed by atoms with Crippen LogP contribution in [-0.4, -0.2) is 13.1 Å². The van der Waals surface area contributed by atoms with Gasteiger partial charge in [0.25, 0.3) is 0 Å². The van der Waals surface area contributed by atoms with Crippen LogP contribution in [0.2, 0.25) is 0 Å². The Morgan fingerprint density at radius 2 is 1.27 bits per heavy atom. The Bertz CT molecular complexity index is 70.9. The number of hydrogen-bond acceptors (Lipinski definition) is 1. The van der Waals surface area contributed by atoms with Crippen molar-refractivity contribution >= 4 is 0 Å². The van der Waals surface area contributed by atoms with Crippen LogP contribution < -0.4 is 5.32 Å². The van der Waals surface area contributed by atoms with Gasteiger partial charge in [-0.3, -0.25) is 0 Å². The smallest absolute Gasteiger partial charge is 0.00231 e. The van der Waals surface area contributed by atoms with Crippen LogP contribution in [0.4, 0.5) is 0 Å². The predicted molar refractivity (Wildman–Crippen MR) is 51.8 cm³/mol. The number of nitrogens with one attached hydrogen (secondary N) is 1. The lowest BCUT2D eigenvalue weighted by Crippen LogP contribution is -2.25. The second-order valence-electron chi connectivity index (χ2n) is 3.69. The van der Waals surface area contributed by atoms with Gasteiger partial charge in [0.05, 0.1) is 0 Å². The predicted octanol–water partition coefficient (Wildman–Crippen LogP) is 2.67. The summed E-state index contributed by atoms with van der Waals surface area (Å²) in [4.78, 5) is 0. The van der Waals surface area contributed by atoms with Crippen molar-refractivity contribution in [2.24, 2.45) is 11.8 Å². The summed E-state index contributed by atoms with van der Waals surface area (Å²) >= 11 is 0. The third kappa shape index (κ3) is 6.36. The van der Waals surface area contributed by atoms with E-state index >= 15 is 0 Å². The van der Waals surface area contributed by atoms with E-state index in [0.717, 1.165) is 11.8 Å². The monoisotopic (exact) mass is 157 g/mol. The first-order chi connectivity index (χ1) is 5.20. The zero-order chi connectivity index (χ0) is 8.69. The van der Waals surface area contributed by atoms with Gasteiger partial charge >= 0.3 is 0 Å². The molecule has 0 aromatic rings. The largest absolute Gasteiger partial charge is 0.316 e. The Balaban J connectivity index is 3.13. The minimum Gasteiger partial charge on any atom is -0.316 e. The zero-order valence-corrected chi connectivity index (χ0v) is 8.48. The summed E-state index contributed by atoms with van der Waals surface area (Å²) in [6, 6.07) is 0. The summed E-state index contributed by atoms with van der Waals surface area (Å²) in [5, 5.41) is 3.49. The Kier molecular flexibility index (Phi) is 6.63. The summed E-state index contributed by atoms with van der Waals surface area (Å²) in [6.07, 6.45) is 2.57. The molecule has 0 heterocycles. The second-order valence-corrected chi connectivity index (χ2v) is 3.69. The summed E-state index contributed by atoms with van der Waals surface area (Å²) in [6.45, 7) is 11.4. The van der Waals surface area contributed by atoms with Crippen molar-refractivity contribution in [1.29, 1.82) is 0 Å². The quantitative estimate of drug-likeness (QED) is 0.625. The maximum absolute atomic E-state index is 3.49. The lowest BCUT2D eigenvalue weighted by atomic mass is 10.1. The molecule has 0 fully saturated rings. The van der Waals surface area contributed by atoms with Crippen LogP contribution in [0.1, 0.15) is 40.5 Å². The maximum Gasteiger partial charge on any atom is -0.00231 e. The van der Waals surface area contributed by atoms with E-state index in [0.29, 0.717) is 0 Å². The molecule has 0 saturated heterocycles. The average molecular weight is 157 g/mol. The standard InChI is InChI=1S/C10H23N/c1-5-9(3)7-11-8-10(4)6-2/h9-11H,5-8H2,1-4H3/t9-,10?/m1/s1. The summed E-state index contributed by atoms with van der Waals surface area (Å²) in [5.74, 6) is 1.66. The molecule has 1 unspecified atom stereocenters. The molecule has 0 aliphatic heterocycles. The SMILES string of the molecule is CCC(C)CNC[C@H](C)CC. The van der Waals surface area contributed by atoms with E-state index in [1.165, 1.54) is 25.9 Å². The van der Waals surface area contributed by atoms with E-state index in [4.69, 9.17) is 0 Å². The van der Waals surface area contributed by atoms with Gasteiger partial charge in [0.1, 0.15) is 0 Å². The van der Waals surface area contributed by atoms with Crippen molar-refractivity contribution in [3.63, 3.8) is 0 Å². The Morgan fingerprint density at radius 3 is 1.55 bits per heavy atom. The van der Waals surface area contributed by atoms with Crippen molar-refractivity contribution in [1.82, 2.24) is 5.32 Å². The van der Waals surface area contributed by atoms with Gasteiger partial charge in [-0.25, -0.2) is 0 Å². The van der Waals surface area contributed by atoms with Crippen molar-refractivity contribution in [2.45, 2.75) is 40.5 Å². The molecule has 11 heavy (non-hydrogen) atoms. The van der Waals surface area contributed by atoms with Gasteiger partial charge in [-0.05, 0) is 24.9 Å². The van der Waals surface area contributed by atoms with Gasteiger partial charge in [-0.2, -0.15) is 0 Å². The summed E-state index contributed by atoms with van der Waals surface area (Å²) in [7, 11) is 0. The topological polar surface area (TPSA) is 12.0 Å². The van der Waals surface area contributed by atoms with Crippen LogP contribution in [0.15, 0.2) is 0 Å².